The van der Waals surface area contributed by atoms with Gasteiger partial charge in [0, 0.05) is 41.0 Å². The van der Waals surface area contributed by atoms with Crippen LogP contribution in [-0.2, 0) is 47.7 Å². The number of hydrogen-bond donors (Lipinski definition) is 1. The molecule has 0 amide bonds. The second kappa shape index (κ2) is 11.8. The van der Waals surface area contributed by atoms with Gasteiger partial charge in [0.2, 0.25) is 12.4 Å². The molecule has 0 aromatic rings. The van der Waals surface area contributed by atoms with Crippen molar-refractivity contribution in [2.75, 3.05) is 6.61 Å². The number of aliphatic hydroxyl groups excluding tert-OH is 1. The molecule has 0 aliphatic rings. The number of aliphatic hydroxyl groups is 1. The molecule has 0 bridgehead atoms. The van der Waals surface area contributed by atoms with Crippen LogP contribution in [0.5, 0.6) is 0 Å². The van der Waals surface area contributed by atoms with Gasteiger partial charge in [0.15, 0.2) is 6.10 Å². The maximum atomic E-state index is 11.5. The van der Waals surface area contributed by atoms with E-state index in [-0.39, 0.29) is 13.0 Å². The molecule has 0 saturated carbocycles. The Morgan fingerprint density at radius 1 is 0.667 bits per heavy atom. The fourth-order valence-electron chi connectivity index (χ4n) is 2.08. The lowest BCUT2D eigenvalue weighted by Gasteiger charge is -2.33. The van der Waals surface area contributed by atoms with E-state index in [0.29, 0.717) is 0 Å². The molecule has 0 heterocycles. The summed E-state index contributed by atoms with van der Waals surface area (Å²) < 4.78 is 24.4. The second-order valence-corrected chi connectivity index (χ2v) is 5.42. The van der Waals surface area contributed by atoms with Crippen LogP contribution in [0.15, 0.2) is 0 Å². The Morgan fingerprint density at radius 3 is 1.52 bits per heavy atom. The van der Waals surface area contributed by atoms with E-state index < -0.39 is 54.4 Å². The standard InChI is InChI=1S/C16H24O11/c1-8(17)23-7-6-13(24-9(2)18)14(25-10(3)19)15(26-11(4)20)16(22)27-12(5)21/h13-16,22H,6-7H2,1-5H3. The summed E-state index contributed by atoms with van der Waals surface area (Å²) in [6.45, 7) is 5.06. The van der Waals surface area contributed by atoms with E-state index in [1.807, 2.05) is 0 Å². The maximum Gasteiger partial charge on any atom is 0.305 e. The summed E-state index contributed by atoms with van der Waals surface area (Å²) in [6.07, 6.45) is -6.68. The van der Waals surface area contributed by atoms with E-state index in [1.165, 1.54) is 0 Å². The Labute approximate surface area is 155 Å². The smallest absolute Gasteiger partial charge is 0.305 e. The van der Waals surface area contributed by atoms with E-state index in [2.05, 4.69) is 4.74 Å². The van der Waals surface area contributed by atoms with Crippen LogP contribution in [0, 0.1) is 0 Å². The molecule has 0 saturated heterocycles. The van der Waals surface area contributed by atoms with Gasteiger partial charge < -0.3 is 28.8 Å². The molecule has 0 aliphatic heterocycles. The summed E-state index contributed by atoms with van der Waals surface area (Å²) in [5.74, 6) is -4.01. The van der Waals surface area contributed by atoms with E-state index >= 15 is 0 Å². The zero-order chi connectivity index (χ0) is 21.1. The van der Waals surface area contributed by atoms with Crippen molar-refractivity contribution in [1.29, 1.82) is 0 Å². The molecule has 0 aromatic carbocycles. The third-order valence-electron chi connectivity index (χ3n) is 2.89. The highest BCUT2D eigenvalue weighted by Crippen LogP contribution is 2.20. The van der Waals surface area contributed by atoms with Crippen molar-refractivity contribution in [3.8, 4) is 0 Å². The van der Waals surface area contributed by atoms with Gasteiger partial charge in [0.05, 0.1) is 6.61 Å². The van der Waals surface area contributed by atoms with Crippen LogP contribution < -0.4 is 0 Å². The Morgan fingerprint density at radius 2 is 1.11 bits per heavy atom. The van der Waals surface area contributed by atoms with Crippen LogP contribution in [-0.4, -0.2) is 66.2 Å². The largest absolute Gasteiger partial charge is 0.466 e. The Balaban J connectivity index is 5.74. The maximum absolute atomic E-state index is 11.5. The van der Waals surface area contributed by atoms with Gasteiger partial charge in [-0.05, 0) is 0 Å². The predicted molar refractivity (Wildman–Crippen MR) is 85.7 cm³/mol. The highest BCUT2D eigenvalue weighted by molar-refractivity contribution is 5.69. The van der Waals surface area contributed by atoms with Gasteiger partial charge in [-0.3, -0.25) is 24.0 Å². The third kappa shape index (κ3) is 10.8. The lowest BCUT2D eigenvalue weighted by atomic mass is 10.0. The SMILES string of the molecule is CC(=O)OCCC(OC(C)=O)C(OC(C)=O)C(OC(C)=O)C(O)OC(C)=O. The molecule has 0 aromatic heterocycles. The average molecular weight is 392 g/mol. The minimum Gasteiger partial charge on any atom is -0.466 e. The van der Waals surface area contributed by atoms with Gasteiger partial charge in [-0.25, -0.2) is 0 Å². The number of rotatable bonds is 10. The first-order valence-electron chi connectivity index (χ1n) is 7.94. The molecule has 0 radical (unpaired) electrons. The van der Waals surface area contributed by atoms with Crippen molar-refractivity contribution in [2.45, 2.75) is 65.6 Å². The Bertz CT molecular complexity index is 557. The molecular weight excluding hydrogens is 368 g/mol. The summed E-state index contributed by atoms with van der Waals surface area (Å²) >= 11 is 0. The molecule has 1 N–H and O–H groups in total. The quantitative estimate of drug-likeness (QED) is 0.294. The molecule has 0 rings (SSSR count). The number of carbonyl (C=O) groups is 5. The van der Waals surface area contributed by atoms with Gasteiger partial charge in [0.25, 0.3) is 0 Å². The lowest BCUT2D eigenvalue weighted by molar-refractivity contribution is -0.227. The normalized spacial score (nSPS) is 14.7. The van der Waals surface area contributed by atoms with E-state index in [0.717, 1.165) is 34.6 Å². The zero-order valence-corrected chi connectivity index (χ0v) is 15.8. The summed E-state index contributed by atoms with van der Waals surface area (Å²) in [6, 6.07) is 0. The first-order chi connectivity index (χ1) is 12.4. The fraction of sp³-hybridized carbons (Fsp3) is 0.688. The van der Waals surface area contributed by atoms with E-state index in [9.17, 15) is 29.1 Å². The van der Waals surface area contributed by atoms with Crippen molar-refractivity contribution >= 4 is 29.8 Å². The minimum atomic E-state index is -2.01. The number of ether oxygens (including phenoxy) is 5. The van der Waals surface area contributed by atoms with Gasteiger partial charge in [-0.2, -0.15) is 0 Å². The van der Waals surface area contributed by atoms with Crippen molar-refractivity contribution in [2.24, 2.45) is 0 Å². The molecule has 11 nitrogen and oxygen atoms in total. The molecule has 0 spiro atoms. The summed E-state index contributed by atoms with van der Waals surface area (Å²) in [5.41, 5.74) is 0. The van der Waals surface area contributed by atoms with Crippen LogP contribution in [0.25, 0.3) is 0 Å². The van der Waals surface area contributed by atoms with Crippen LogP contribution in [0.2, 0.25) is 0 Å². The number of esters is 5. The second-order valence-electron chi connectivity index (χ2n) is 5.42. The monoisotopic (exact) mass is 392 g/mol. The van der Waals surface area contributed by atoms with Crippen LogP contribution in [0.4, 0.5) is 0 Å². The highest BCUT2D eigenvalue weighted by Gasteiger charge is 2.42. The van der Waals surface area contributed by atoms with Gasteiger partial charge >= 0.3 is 29.8 Å². The predicted octanol–water partition coefficient (Wildman–Crippen LogP) is -0.384. The Hall–Kier alpha value is -2.69. The van der Waals surface area contributed by atoms with E-state index in [4.69, 9.17) is 18.9 Å². The van der Waals surface area contributed by atoms with Gasteiger partial charge in [-0.1, -0.05) is 0 Å². The molecule has 154 valence electrons. The zero-order valence-electron chi connectivity index (χ0n) is 15.8. The number of hydrogen-bond acceptors (Lipinski definition) is 11. The minimum absolute atomic E-state index is 0.151. The molecule has 11 heteroatoms. The van der Waals surface area contributed by atoms with Crippen LogP contribution in [0.1, 0.15) is 41.0 Å². The van der Waals surface area contributed by atoms with Gasteiger partial charge in [0.1, 0.15) is 6.10 Å². The van der Waals surface area contributed by atoms with Crippen molar-refractivity contribution in [1.82, 2.24) is 0 Å². The summed E-state index contributed by atoms with van der Waals surface area (Å²) in [4.78, 5) is 56.3. The van der Waals surface area contributed by atoms with Crippen molar-refractivity contribution < 1.29 is 52.8 Å². The molecule has 4 atom stereocenters. The molecule has 27 heavy (non-hydrogen) atoms. The number of carbonyl (C=O) groups excluding carboxylic acids is 5. The first-order valence-corrected chi connectivity index (χ1v) is 7.94. The van der Waals surface area contributed by atoms with E-state index in [1.54, 1.807) is 0 Å². The summed E-state index contributed by atoms with van der Waals surface area (Å²) in [5, 5.41) is 10.1. The first kappa shape index (κ1) is 24.3. The van der Waals surface area contributed by atoms with Crippen molar-refractivity contribution in [3.05, 3.63) is 0 Å². The molecular formula is C16H24O11. The van der Waals surface area contributed by atoms with Gasteiger partial charge in [-0.15, -0.1) is 0 Å². The Kier molecular flexibility index (Phi) is 10.7. The molecule has 0 fully saturated rings. The third-order valence-corrected chi connectivity index (χ3v) is 2.89. The van der Waals surface area contributed by atoms with Crippen LogP contribution >= 0.6 is 0 Å². The topological polar surface area (TPSA) is 152 Å². The van der Waals surface area contributed by atoms with Crippen LogP contribution in [0.3, 0.4) is 0 Å². The van der Waals surface area contributed by atoms with Crippen molar-refractivity contribution in [3.63, 3.8) is 0 Å². The molecule has 0 aliphatic carbocycles. The average Bonchev–Trinajstić information content (AvgIpc) is 2.47. The molecule has 4 unspecified atom stereocenters. The lowest BCUT2D eigenvalue weighted by Crippen LogP contribution is -2.51. The summed E-state index contributed by atoms with van der Waals surface area (Å²) in [7, 11) is 0. The highest BCUT2D eigenvalue weighted by atomic mass is 16.7. The fourth-order valence-corrected chi connectivity index (χ4v) is 2.08.